The van der Waals surface area contributed by atoms with Crippen LogP contribution in [0.5, 0.6) is 11.5 Å². The molecule has 2 unspecified atom stereocenters. The van der Waals surface area contributed by atoms with Gasteiger partial charge >= 0.3 is 6.18 Å². The topological polar surface area (TPSA) is 59.5 Å². The summed E-state index contributed by atoms with van der Waals surface area (Å²) in [6, 6.07) is 12.4. The second-order valence-electron chi connectivity index (χ2n) is 7.54. The first kappa shape index (κ1) is 19.6. The monoisotopic (exact) mass is 428 g/mol. The number of aromatic nitrogens is 2. The quantitative estimate of drug-likeness (QED) is 0.667. The van der Waals surface area contributed by atoms with Crippen molar-refractivity contribution >= 4 is 5.95 Å². The van der Waals surface area contributed by atoms with Crippen LogP contribution in [0, 0.1) is 0 Å². The van der Waals surface area contributed by atoms with Crippen molar-refractivity contribution in [1.29, 1.82) is 0 Å². The molecule has 1 fully saturated rings. The fourth-order valence-corrected chi connectivity index (χ4v) is 3.85. The molecule has 0 bridgehead atoms. The van der Waals surface area contributed by atoms with E-state index in [4.69, 9.17) is 9.57 Å². The number of nitrogens with one attached hydrogen (secondary N) is 1. The molecule has 3 aromatic rings. The predicted molar refractivity (Wildman–Crippen MR) is 108 cm³/mol. The molecule has 0 saturated carbocycles. The molecule has 2 aliphatic heterocycles. The van der Waals surface area contributed by atoms with Crippen LogP contribution in [0.1, 0.15) is 12.0 Å². The van der Waals surface area contributed by atoms with Gasteiger partial charge in [-0.05, 0) is 47.9 Å². The molecule has 2 atom stereocenters. The van der Waals surface area contributed by atoms with Gasteiger partial charge in [-0.1, -0.05) is 18.2 Å². The van der Waals surface area contributed by atoms with Gasteiger partial charge in [-0.3, -0.25) is 0 Å². The van der Waals surface area contributed by atoms with Crippen molar-refractivity contribution in [2.75, 3.05) is 18.5 Å². The highest BCUT2D eigenvalue weighted by Crippen LogP contribution is 2.38. The number of hydrogen-bond donors (Lipinski definition) is 1. The van der Waals surface area contributed by atoms with Gasteiger partial charge in [0.05, 0.1) is 18.2 Å². The molecule has 6 nitrogen and oxygen atoms in total. The summed E-state index contributed by atoms with van der Waals surface area (Å²) < 4.78 is 44.4. The molecule has 9 heteroatoms. The van der Waals surface area contributed by atoms with E-state index in [1.165, 1.54) is 12.1 Å². The number of anilines is 1. The Morgan fingerprint density at radius 1 is 0.968 bits per heavy atom. The van der Waals surface area contributed by atoms with Crippen LogP contribution in [-0.4, -0.2) is 40.3 Å². The summed E-state index contributed by atoms with van der Waals surface area (Å²) in [5, 5.41) is 5.18. The van der Waals surface area contributed by atoms with Crippen molar-refractivity contribution in [3.8, 4) is 22.6 Å². The minimum Gasteiger partial charge on any atom is -0.488 e. The summed E-state index contributed by atoms with van der Waals surface area (Å²) >= 11 is 0. The van der Waals surface area contributed by atoms with Crippen LogP contribution >= 0.6 is 0 Å². The van der Waals surface area contributed by atoms with Gasteiger partial charge in [0.25, 0.3) is 0 Å². The Kier molecular flexibility index (Phi) is 4.90. The van der Waals surface area contributed by atoms with Crippen molar-refractivity contribution in [3.05, 3.63) is 66.5 Å². The largest absolute Gasteiger partial charge is 0.488 e. The van der Waals surface area contributed by atoms with E-state index in [1.54, 1.807) is 30.6 Å². The van der Waals surface area contributed by atoms with Crippen LogP contribution in [-0.2, 0) is 6.18 Å². The van der Waals surface area contributed by atoms with Crippen molar-refractivity contribution in [3.63, 3.8) is 0 Å². The number of alkyl halides is 3. The van der Waals surface area contributed by atoms with E-state index < -0.39 is 11.7 Å². The Labute approximate surface area is 176 Å². The first-order chi connectivity index (χ1) is 15.0. The molecular weight excluding hydrogens is 409 g/mol. The molecule has 5 rings (SSSR count). The van der Waals surface area contributed by atoms with Crippen LogP contribution in [0.4, 0.5) is 19.1 Å². The summed E-state index contributed by atoms with van der Waals surface area (Å²) in [5.74, 6) is 1.72. The maximum atomic E-state index is 12.8. The van der Waals surface area contributed by atoms with Gasteiger partial charge in [-0.25, -0.2) is 9.97 Å². The fourth-order valence-electron chi connectivity index (χ4n) is 3.85. The van der Waals surface area contributed by atoms with Gasteiger partial charge in [0, 0.05) is 18.4 Å². The lowest BCUT2D eigenvalue weighted by atomic mass is 10.0. The normalized spacial score (nSPS) is 20.7. The summed E-state index contributed by atoms with van der Waals surface area (Å²) in [5.41, 5.74) is 0.745. The minimum atomic E-state index is -4.36. The van der Waals surface area contributed by atoms with E-state index in [-0.39, 0.29) is 12.1 Å². The number of hydroxylamine groups is 2. The van der Waals surface area contributed by atoms with Gasteiger partial charge in [0.2, 0.25) is 5.95 Å². The van der Waals surface area contributed by atoms with Crippen molar-refractivity contribution in [1.82, 2.24) is 15.0 Å². The van der Waals surface area contributed by atoms with E-state index in [1.807, 2.05) is 11.1 Å². The molecular formula is C22H19F3N4O2. The standard InChI is InChI=1S/C22H19F3N4O2/c23-22(24,25)16-5-2-14(3-6-16)15-4-7-19-20(10-15)31-29-12-17(11-18(29)13-30-19)28-21-26-8-1-9-27-21/h1-10,17-18H,11-13H2,(H,26,27,28). The van der Waals surface area contributed by atoms with Crippen molar-refractivity contribution < 1.29 is 22.7 Å². The predicted octanol–water partition coefficient (Wildman–Crippen LogP) is 4.40. The molecule has 160 valence electrons. The zero-order chi connectivity index (χ0) is 21.4. The van der Waals surface area contributed by atoms with Crippen LogP contribution in [0.2, 0.25) is 0 Å². The lowest BCUT2D eigenvalue weighted by molar-refractivity contribution is -0.137. The average molecular weight is 428 g/mol. The van der Waals surface area contributed by atoms with E-state index >= 15 is 0 Å². The summed E-state index contributed by atoms with van der Waals surface area (Å²) in [4.78, 5) is 14.5. The van der Waals surface area contributed by atoms with Crippen molar-refractivity contribution in [2.24, 2.45) is 0 Å². The molecule has 0 amide bonds. The van der Waals surface area contributed by atoms with Gasteiger partial charge < -0.3 is 14.9 Å². The maximum absolute atomic E-state index is 12.8. The third kappa shape index (κ3) is 4.13. The lowest BCUT2D eigenvalue weighted by Gasteiger charge is -2.20. The molecule has 31 heavy (non-hydrogen) atoms. The number of rotatable bonds is 3. The number of benzene rings is 2. The van der Waals surface area contributed by atoms with E-state index in [9.17, 15) is 13.2 Å². The fraction of sp³-hybridized carbons (Fsp3) is 0.273. The highest BCUT2D eigenvalue weighted by atomic mass is 19.4. The van der Waals surface area contributed by atoms with E-state index in [0.717, 1.165) is 24.1 Å². The Hall–Kier alpha value is -3.33. The summed E-state index contributed by atoms with van der Waals surface area (Å²) in [6.45, 7) is 1.09. The first-order valence-corrected chi connectivity index (χ1v) is 9.88. The molecule has 0 spiro atoms. The highest BCUT2D eigenvalue weighted by molar-refractivity contribution is 5.67. The lowest BCUT2D eigenvalue weighted by Crippen LogP contribution is -2.35. The molecule has 1 N–H and O–H groups in total. The molecule has 2 aliphatic rings. The third-order valence-electron chi connectivity index (χ3n) is 5.40. The Morgan fingerprint density at radius 2 is 1.71 bits per heavy atom. The van der Waals surface area contributed by atoms with Crippen LogP contribution in [0.15, 0.2) is 60.9 Å². The van der Waals surface area contributed by atoms with Crippen LogP contribution in [0.3, 0.4) is 0 Å². The van der Waals surface area contributed by atoms with Gasteiger partial charge in [-0.15, -0.1) is 5.06 Å². The van der Waals surface area contributed by atoms with Gasteiger partial charge in [0.15, 0.2) is 11.5 Å². The molecule has 0 aliphatic carbocycles. The SMILES string of the molecule is FC(F)(F)c1ccc(-c2ccc3c(c2)ON2CC(Nc4ncccn4)CC2CO3)cc1. The minimum absolute atomic E-state index is 0.0585. The summed E-state index contributed by atoms with van der Waals surface area (Å²) in [6.07, 6.45) is -0.191. The maximum Gasteiger partial charge on any atom is 0.416 e. The molecule has 1 aromatic heterocycles. The molecule has 2 aromatic carbocycles. The van der Waals surface area contributed by atoms with E-state index in [2.05, 4.69) is 15.3 Å². The second-order valence-corrected chi connectivity index (χ2v) is 7.54. The Bertz CT molecular complexity index is 1060. The second kappa shape index (κ2) is 7.73. The Balaban J connectivity index is 1.33. The Morgan fingerprint density at radius 3 is 2.45 bits per heavy atom. The number of halogens is 3. The van der Waals surface area contributed by atoms with Crippen molar-refractivity contribution in [2.45, 2.75) is 24.7 Å². The highest BCUT2D eigenvalue weighted by Gasteiger charge is 2.37. The number of ether oxygens (including phenoxy) is 1. The van der Waals surface area contributed by atoms with Gasteiger partial charge in [-0.2, -0.15) is 13.2 Å². The molecule has 1 saturated heterocycles. The third-order valence-corrected chi connectivity index (χ3v) is 5.40. The smallest absolute Gasteiger partial charge is 0.416 e. The number of nitrogens with zero attached hydrogens (tertiary/aromatic N) is 3. The number of fused-ring (bicyclic) bond motifs is 2. The van der Waals surface area contributed by atoms with Crippen LogP contribution < -0.4 is 14.9 Å². The zero-order valence-electron chi connectivity index (χ0n) is 16.3. The average Bonchev–Trinajstić information content (AvgIpc) is 3.05. The first-order valence-electron chi connectivity index (χ1n) is 9.88. The van der Waals surface area contributed by atoms with Gasteiger partial charge in [0.1, 0.15) is 6.61 Å². The zero-order valence-corrected chi connectivity index (χ0v) is 16.3. The molecule has 0 radical (unpaired) electrons. The molecule has 3 heterocycles. The summed E-state index contributed by atoms with van der Waals surface area (Å²) in [7, 11) is 0. The number of hydrogen-bond acceptors (Lipinski definition) is 6. The van der Waals surface area contributed by atoms with Crippen LogP contribution in [0.25, 0.3) is 11.1 Å². The van der Waals surface area contributed by atoms with E-state index in [0.29, 0.717) is 36.2 Å².